The van der Waals surface area contributed by atoms with E-state index in [-0.39, 0.29) is 11.4 Å². The Balaban J connectivity index is 2.06. The highest BCUT2D eigenvalue weighted by Gasteiger charge is 2.16. The first-order valence-corrected chi connectivity index (χ1v) is 7.77. The lowest BCUT2D eigenvalue weighted by Gasteiger charge is -2.09. The van der Waals surface area contributed by atoms with E-state index in [1.54, 1.807) is 6.92 Å². The molecule has 0 unspecified atom stereocenters. The molecular weight excluding hydrogens is 277 g/mol. The predicted molar refractivity (Wildman–Crippen MR) is 76.5 cm³/mol. The molecule has 1 N–H and O–H groups in total. The molecule has 0 amide bonds. The highest BCUT2D eigenvalue weighted by atomic mass is 32.2. The average Bonchev–Trinajstić information content (AvgIpc) is 2.42. The van der Waals surface area contributed by atoms with Gasteiger partial charge in [-0.05, 0) is 36.6 Å². The fourth-order valence-corrected chi connectivity index (χ4v) is 3.20. The Labute approximate surface area is 118 Å². The topological polar surface area (TPSA) is 46.2 Å². The van der Waals surface area contributed by atoms with Crippen LogP contribution in [0.3, 0.4) is 0 Å². The van der Waals surface area contributed by atoms with Crippen LogP contribution in [0.1, 0.15) is 11.1 Å². The first-order valence-electron chi connectivity index (χ1n) is 6.29. The van der Waals surface area contributed by atoms with E-state index in [0.717, 1.165) is 11.6 Å². The van der Waals surface area contributed by atoms with E-state index in [4.69, 9.17) is 0 Å². The molecule has 2 rings (SSSR count). The normalized spacial score (nSPS) is 11.5. The van der Waals surface area contributed by atoms with Gasteiger partial charge in [0.15, 0.2) is 0 Å². The average molecular weight is 293 g/mol. The van der Waals surface area contributed by atoms with Gasteiger partial charge in [-0.1, -0.05) is 36.4 Å². The van der Waals surface area contributed by atoms with Crippen LogP contribution < -0.4 is 4.72 Å². The Morgan fingerprint density at radius 2 is 1.80 bits per heavy atom. The largest absolute Gasteiger partial charge is 0.240 e. The van der Waals surface area contributed by atoms with Gasteiger partial charge in [0.2, 0.25) is 10.0 Å². The third kappa shape index (κ3) is 3.65. The minimum Gasteiger partial charge on any atom is -0.211 e. The lowest BCUT2D eigenvalue weighted by Crippen LogP contribution is -2.26. The van der Waals surface area contributed by atoms with Crippen LogP contribution in [-0.2, 0) is 16.4 Å². The van der Waals surface area contributed by atoms with E-state index < -0.39 is 15.8 Å². The number of aryl methyl sites for hydroxylation is 1. The summed E-state index contributed by atoms with van der Waals surface area (Å²) in [5, 5.41) is 0. The Hall–Kier alpha value is -1.72. The van der Waals surface area contributed by atoms with E-state index in [1.165, 1.54) is 12.1 Å². The molecular formula is C15H16FNO2S. The summed E-state index contributed by atoms with van der Waals surface area (Å²) in [6, 6.07) is 13.3. The molecule has 0 fully saturated rings. The summed E-state index contributed by atoms with van der Waals surface area (Å²) < 4.78 is 39.9. The summed E-state index contributed by atoms with van der Waals surface area (Å²) in [7, 11) is -3.67. The third-order valence-corrected chi connectivity index (χ3v) is 4.59. The zero-order valence-corrected chi connectivity index (χ0v) is 12.0. The van der Waals surface area contributed by atoms with Crippen molar-refractivity contribution in [3.8, 4) is 0 Å². The maximum atomic E-state index is 13.2. The molecule has 3 nitrogen and oxygen atoms in total. The second-order valence-electron chi connectivity index (χ2n) is 4.54. The zero-order chi connectivity index (χ0) is 14.6. The van der Waals surface area contributed by atoms with Gasteiger partial charge in [0.25, 0.3) is 0 Å². The molecule has 5 heteroatoms. The monoisotopic (exact) mass is 293 g/mol. The van der Waals surface area contributed by atoms with Crippen molar-refractivity contribution in [2.24, 2.45) is 0 Å². The number of sulfonamides is 1. The number of halogens is 1. The summed E-state index contributed by atoms with van der Waals surface area (Å²) in [6.45, 7) is 1.92. The summed E-state index contributed by atoms with van der Waals surface area (Å²) in [5.41, 5.74) is 1.57. The number of nitrogens with one attached hydrogen (secondary N) is 1. The van der Waals surface area contributed by atoms with Crippen molar-refractivity contribution in [1.29, 1.82) is 0 Å². The van der Waals surface area contributed by atoms with Gasteiger partial charge in [-0.25, -0.2) is 17.5 Å². The first-order chi connectivity index (χ1) is 9.49. The number of hydrogen-bond donors (Lipinski definition) is 1. The van der Waals surface area contributed by atoms with Gasteiger partial charge in [-0.3, -0.25) is 0 Å². The molecule has 0 aliphatic carbocycles. The maximum Gasteiger partial charge on any atom is 0.240 e. The Morgan fingerprint density at radius 1 is 1.10 bits per heavy atom. The van der Waals surface area contributed by atoms with Crippen molar-refractivity contribution < 1.29 is 12.8 Å². The molecule has 0 bridgehead atoms. The van der Waals surface area contributed by atoms with Crippen molar-refractivity contribution in [2.75, 3.05) is 6.54 Å². The smallest absolute Gasteiger partial charge is 0.211 e. The Bertz CT molecular complexity index is 684. The second-order valence-corrected chi connectivity index (χ2v) is 6.28. The molecule has 0 saturated carbocycles. The zero-order valence-electron chi connectivity index (χ0n) is 11.1. The van der Waals surface area contributed by atoms with Gasteiger partial charge < -0.3 is 0 Å². The van der Waals surface area contributed by atoms with Crippen LogP contribution in [0.5, 0.6) is 0 Å². The van der Waals surface area contributed by atoms with E-state index in [9.17, 15) is 12.8 Å². The van der Waals surface area contributed by atoms with Crippen LogP contribution in [0.2, 0.25) is 0 Å². The summed E-state index contributed by atoms with van der Waals surface area (Å²) >= 11 is 0. The lowest BCUT2D eigenvalue weighted by molar-refractivity contribution is 0.576. The van der Waals surface area contributed by atoms with Gasteiger partial charge in [0.05, 0.1) is 4.90 Å². The van der Waals surface area contributed by atoms with Crippen molar-refractivity contribution in [2.45, 2.75) is 18.2 Å². The quantitative estimate of drug-likeness (QED) is 0.921. The second kappa shape index (κ2) is 6.15. The van der Waals surface area contributed by atoms with E-state index in [2.05, 4.69) is 4.72 Å². The molecule has 0 atom stereocenters. The van der Waals surface area contributed by atoms with Crippen LogP contribution in [0.15, 0.2) is 53.4 Å². The summed E-state index contributed by atoms with van der Waals surface area (Å²) in [6.07, 6.45) is 0.592. The minimum atomic E-state index is -3.67. The standard InChI is InChI=1S/C15H16FNO2S/c1-12-7-8-14(16)11-15(12)20(18,19)17-10-9-13-5-3-2-4-6-13/h2-8,11,17H,9-10H2,1H3. The number of benzene rings is 2. The first kappa shape index (κ1) is 14.7. The molecule has 2 aromatic carbocycles. The van der Waals surface area contributed by atoms with Gasteiger partial charge in [-0.15, -0.1) is 0 Å². The summed E-state index contributed by atoms with van der Waals surface area (Å²) in [5.74, 6) is -0.556. The maximum absolute atomic E-state index is 13.2. The van der Waals surface area contributed by atoms with Crippen molar-refractivity contribution in [3.05, 3.63) is 65.5 Å². The van der Waals surface area contributed by atoms with Crippen LogP contribution in [0.25, 0.3) is 0 Å². The molecule has 0 aliphatic heterocycles. The van der Waals surface area contributed by atoms with Crippen LogP contribution in [-0.4, -0.2) is 15.0 Å². The van der Waals surface area contributed by atoms with E-state index in [1.807, 2.05) is 30.3 Å². The molecule has 20 heavy (non-hydrogen) atoms. The molecule has 0 spiro atoms. The molecule has 2 aromatic rings. The highest BCUT2D eigenvalue weighted by molar-refractivity contribution is 7.89. The lowest BCUT2D eigenvalue weighted by atomic mass is 10.2. The fourth-order valence-electron chi connectivity index (χ4n) is 1.92. The van der Waals surface area contributed by atoms with E-state index in [0.29, 0.717) is 12.0 Å². The molecule has 0 heterocycles. The van der Waals surface area contributed by atoms with Gasteiger partial charge in [-0.2, -0.15) is 0 Å². The Morgan fingerprint density at radius 3 is 2.50 bits per heavy atom. The SMILES string of the molecule is Cc1ccc(F)cc1S(=O)(=O)NCCc1ccccc1. The fraction of sp³-hybridized carbons (Fsp3) is 0.200. The predicted octanol–water partition coefficient (Wildman–Crippen LogP) is 2.66. The van der Waals surface area contributed by atoms with Crippen molar-refractivity contribution in [1.82, 2.24) is 4.72 Å². The molecule has 0 saturated heterocycles. The van der Waals surface area contributed by atoms with Crippen molar-refractivity contribution >= 4 is 10.0 Å². The van der Waals surface area contributed by atoms with Crippen molar-refractivity contribution in [3.63, 3.8) is 0 Å². The number of hydrogen-bond acceptors (Lipinski definition) is 2. The highest BCUT2D eigenvalue weighted by Crippen LogP contribution is 2.16. The van der Waals surface area contributed by atoms with Crippen LogP contribution >= 0.6 is 0 Å². The molecule has 0 aliphatic rings. The summed E-state index contributed by atoms with van der Waals surface area (Å²) in [4.78, 5) is -0.00874. The van der Waals surface area contributed by atoms with Gasteiger partial charge >= 0.3 is 0 Å². The van der Waals surface area contributed by atoms with Gasteiger partial charge in [0, 0.05) is 6.54 Å². The number of rotatable bonds is 5. The molecule has 0 aromatic heterocycles. The van der Waals surface area contributed by atoms with Gasteiger partial charge in [0.1, 0.15) is 5.82 Å². The minimum absolute atomic E-state index is 0.00874. The third-order valence-electron chi connectivity index (χ3n) is 2.99. The molecule has 106 valence electrons. The Kier molecular flexibility index (Phi) is 4.52. The van der Waals surface area contributed by atoms with E-state index >= 15 is 0 Å². The van der Waals surface area contributed by atoms with Crippen LogP contribution in [0, 0.1) is 12.7 Å². The molecule has 0 radical (unpaired) electrons. The van der Waals surface area contributed by atoms with Crippen LogP contribution in [0.4, 0.5) is 4.39 Å².